The molecule has 0 fully saturated rings. The lowest BCUT2D eigenvalue weighted by molar-refractivity contribution is 0.631. The van der Waals surface area contributed by atoms with Crippen molar-refractivity contribution in [2.24, 2.45) is 0 Å². The van der Waals surface area contributed by atoms with E-state index in [1.165, 1.54) is 71.6 Å². The van der Waals surface area contributed by atoms with E-state index in [9.17, 15) is 0 Å². The molecule has 4 aromatic heterocycles. The molecule has 4 heteroatoms. The molecule has 0 saturated carbocycles. The third kappa shape index (κ3) is 3.40. The van der Waals surface area contributed by atoms with Crippen LogP contribution >= 0.6 is 34.0 Å². The summed E-state index contributed by atoms with van der Waals surface area (Å²) >= 11 is 5.71. The van der Waals surface area contributed by atoms with Crippen LogP contribution in [0.3, 0.4) is 0 Å². The third-order valence-electron chi connectivity index (χ3n) is 8.42. The second kappa shape index (κ2) is 8.52. The Kier molecular flexibility index (Phi) is 4.69. The van der Waals surface area contributed by atoms with Gasteiger partial charge < -0.3 is 4.42 Å². The van der Waals surface area contributed by atoms with Gasteiger partial charge in [-0.3, -0.25) is 0 Å². The molecular weight excluding hydrogens is 569 g/mol. The predicted molar refractivity (Wildman–Crippen MR) is 186 cm³/mol. The summed E-state index contributed by atoms with van der Waals surface area (Å²) in [6.45, 7) is 0. The van der Waals surface area contributed by atoms with Crippen molar-refractivity contribution in [3.05, 3.63) is 121 Å². The number of hydrogen-bond donors (Lipinski definition) is 0. The first-order valence-electron chi connectivity index (χ1n) is 14.0. The maximum Gasteiger partial charge on any atom is 0.135 e. The Morgan fingerprint density at radius 3 is 1.83 bits per heavy atom. The molecule has 0 bridgehead atoms. The van der Waals surface area contributed by atoms with E-state index in [2.05, 4.69) is 109 Å². The Labute approximate surface area is 252 Å². The highest BCUT2D eigenvalue weighted by Crippen LogP contribution is 2.47. The zero-order chi connectivity index (χ0) is 27.4. The van der Waals surface area contributed by atoms with Crippen molar-refractivity contribution in [2.45, 2.75) is 0 Å². The van der Waals surface area contributed by atoms with Crippen LogP contribution in [-0.2, 0) is 0 Å². The van der Waals surface area contributed by atoms with E-state index >= 15 is 0 Å². The van der Waals surface area contributed by atoms with Crippen molar-refractivity contribution in [1.29, 1.82) is 0 Å². The largest absolute Gasteiger partial charge is 0.456 e. The highest BCUT2D eigenvalue weighted by Gasteiger charge is 2.15. The average molecular weight is 589 g/mol. The molecule has 0 aliphatic heterocycles. The molecule has 1 nitrogen and oxygen atoms in total. The van der Waals surface area contributed by atoms with Crippen LogP contribution in [-0.4, -0.2) is 0 Å². The van der Waals surface area contributed by atoms with Gasteiger partial charge >= 0.3 is 0 Å². The van der Waals surface area contributed by atoms with E-state index in [0.29, 0.717) is 0 Å². The van der Waals surface area contributed by atoms with Gasteiger partial charge in [0.2, 0.25) is 0 Å². The standard InChI is InChI=1S/C38H20OS3/c1-2-6-22-18-35-29(15-21(22)5-1)37-38(41-35)30-16-23-9-10-26(14-27(23)19-36(30)42-37)34-20-28-13-25(11-12-33(28)40-34)32-17-24-7-3-4-8-31(24)39-32/h1-20H. The summed E-state index contributed by atoms with van der Waals surface area (Å²) in [5, 5.41) is 10.4. The first kappa shape index (κ1) is 23.1. The van der Waals surface area contributed by atoms with Gasteiger partial charge in [-0.05, 0) is 99.2 Å². The van der Waals surface area contributed by atoms with Crippen molar-refractivity contribution >= 4 is 106 Å². The summed E-state index contributed by atoms with van der Waals surface area (Å²) in [6, 6.07) is 44.4. The number of furan rings is 1. The first-order chi connectivity index (χ1) is 20.7. The van der Waals surface area contributed by atoms with Gasteiger partial charge in [0.05, 0.1) is 9.40 Å². The summed E-state index contributed by atoms with van der Waals surface area (Å²) in [7, 11) is 0. The molecule has 4 heterocycles. The zero-order valence-electron chi connectivity index (χ0n) is 22.2. The minimum atomic E-state index is 0.914. The molecule has 0 atom stereocenters. The second-order valence-electron chi connectivity index (χ2n) is 11.0. The van der Waals surface area contributed by atoms with Crippen molar-refractivity contribution in [3.8, 4) is 21.8 Å². The Morgan fingerprint density at radius 2 is 1.05 bits per heavy atom. The first-order valence-corrected chi connectivity index (χ1v) is 16.4. The molecule has 0 unspecified atom stereocenters. The number of thiophene rings is 3. The minimum absolute atomic E-state index is 0.914. The van der Waals surface area contributed by atoms with Crippen LogP contribution in [0.5, 0.6) is 0 Å². The summed E-state index contributed by atoms with van der Waals surface area (Å²) in [5.74, 6) is 0.914. The lowest BCUT2D eigenvalue weighted by Crippen LogP contribution is -1.76. The molecule has 0 aliphatic carbocycles. The van der Waals surface area contributed by atoms with E-state index in [1.807, 2.05) is 46.1 Å². The maximum atomic E-state index is 6.14. The molecule has 42 heavy (non-hydrogen) atoms. The second-order valence-corrected chi connectivity index (χ2v) is 14.2. The van der Waals surface area contributed by atoms with Crippen LogP contribution in [0.1, 0.15) is 0 Å². The molecule has 6 aromatic carbocycles. The molecule has 0 spiro atoms. The van der Waals surface area contributed by atoms with Gasteiger partial charge in [0, 0.05) is 40.7 Å². The number of fused-ring (bicyclic) bond motifs is 9. The lowest BCUT2D eigenvalue weighted by Gasteiger charge is -2.03. The minimum Gasteiger partial charge on any atom is -0.456 e. The van der Waals surface area contributed by atoms with Gasteiger partial charge in [0.1, 0.15) is 11.3 Å². The molecule has 196 valence electrons. The van der Waals surface area contributed by atoms with Crippen LogP contribution in [0.4, 0.5) is 0 Å². The smallest absolute Gasteiger partial charge is 0.135 e. The number of para-hydroxylation sites is 1. The molecule has 10 rings (SSSR count). The highest BCUT2D eigenvalue weighted by molar-refractivity contribution is 7.36. The Hall–Kier alpha value is -4.48. The van der Waals surface area contributed by atoms with E-state index in [4.69, 9.17) is 4.42 Å². The average Bonchev–Trinajstić information content (AvgIpc) is 3.79. The maximum absolute atomic E-state index is 6.14. The Balaban J connectivity index is 1.07. The fourth-order valence-corrected chi connectivity index (χ4v) is 10.0. The monoisotopic (exact) mass is 588 g/mol. The summed E-state index contributed by atoms with van der Waals surface area (Å²) in [6.07, 6.45) is 0. The molecular formula is C38H20OS3. The Morgan fingerprint density at radius 1 is 0.405 bits per heavy atom. The molecule has 10 aromatic rings. The number of rotatable bonds is 2. The van der Waals surface area contributed by atoms with Gasteiger partial charge in [0.25, 0.3) is 0 Å². The number of hydrogen-bond acceptors (Lipinski definition) is 4. The van der Waals surface area contributed by atoms with Gasteiger partial charge in [-0.1, -0.05) is 54.6 Å². The van der Waals surface area contributed by atoms with Crippen LogP contribution in [0.15, 0.2) is 126 Å². The van der Waals surface area contributed by atoms with E-state index in [0.717, 1.165) is 22.3 Å². The van der Waals surface area contributed by atoms with Gasteiger partial charge in [0.15, 0.2) is 0 Å². The summed E-state index contributed by atoms with van der Waals surface area (Å²) in [5.41, 5.74) is 3.31. The van der Waals surface area contributed by atoms with E-state index in [1.54, 1.807) is 0 Å². The predicted octanol–water partition coefficient (Wildman–Crippen LogP) is 12.9. The quantitative estimate of drug-likeness (QED) is 0.196. The van der Waals surface area contributed by atoms with E-state index in [-0.39, 0.29) is 0 Å². The number of benzene rings is 6. The van der Waals surface area contributed by atoms with Crippen molar-refractivity contribution in [3.63, 3.8) is 0 Å². The normalized spacial score (nSPS) is 12.3. The van der Waals surface area contributed by atoms with Crippen LogP contribution in [0, 0.1) is 0 Å². The topological polar surface area (TPSA) is 13.1 Å². The van der Waals surface area contributed by atoms with Crippen LogP contribution in [0.25, 0.3) is 93.9 Å². The molecule has 0 saturated heterocycles. The SMILES string of the molecule is c1ccc2cc3c(cc2c1)sc1c2cc4ccc(-c5cc6cc(-c7cc8ccccc8o7)ccc6s5)cc4cc2sc31. The van der Waals surface area contributed by atoms with Gasteiger partial charge in [-0.25, -0.2) is 0 Å². The highest BCUT2D eigenvalue weighted by atomic mass is 32.1. The Bertz CT molecular complexity index is 2660. The summed E-state index contributed by atoms with van der Waals surface area (Å²) in [4.78, 5) is 1.29. The van der Waals surface area contributed by atoms with E-state index < -0.39 is 0 Å². The lowest BCUT2D eigenvalue weighted by atomic mass is 10.0. The van der Waals surface area contributed by atoms with Gasteiger partial charge in [-0.15, -0.1) is 34.0 Å². The van der Waals surface area contributed by atoms with Crippen LogP contribution in [0.2, 0.25) is 0 Å². The molecule has 0 amide bonds. The summed E-state index contributed by atoms with van der Waals surface area (Å²) < 4.78 is 13.0. The fourth-order valence-electron chi connectivity index (χ4n) is 6.30. The molecule has 0 N–H and O–H groups in total. The van der Waals surface area contributed by atoms with Crippen molar-refractivity contribution in [1.82, 2.24) is 0 Å². The third-order valence-corrected chi connectivity index (χ3v) is 12.1. The zero-order valence-corrected chi connectivity index (χ0v) is 24.6. The van der Waals surface area contributed by atoms with Crippen molar-refractivity contribution in [2.75, 3.05) is 0 Å². The molecule has 0 radical (unpaired) electrons. The van der Waals surface area contributed by atoms with Crippen LogP contribution < -0.4 is 0 Å². The van der Waals surface area contributed by atoms with Gasteiger partial charge in [-0.2, -0.15) is 0 Å². The fraction of sp³-hybridized carbons (Fsp3) is 0. The van der Waals surface area contributed by atoms with Crippen molar-refractivity contribution < 1.29 is 4.42 Å². The molecule has 0 aliphatic rings.